The highest BCUT2D eigenvalue weighted by molar-refractivity contribution is 9.10. The maximum Gasteiger partial charge on any atom is 0.273 e. The lowest BCUT2D eigenvalue weighted by molar-refractivity contribution is 0.0720. The minimum absolute atomic E-state index is 0.0163. The van der Waals surface area contributed by atoms with Crippen LogP contribution in [0.5, 0.6) is 0 Å². The van der Waals surface area contributed by atoms with E-state index in [-0.39, 0.29) is 22.5 Å². The zero-order chi connectivity index (χ0) is 20.8. The number of pyridine rings is 1. The molecule has 0 bridgehead atoms. The van der Waals surface area contributed by atoms with Gasteiger partial charge in [0, 0.05) is 39.1 Å². The monoisotopic (exact) mass is 491 g/mol. The molecule has 1 amide bonds. The summed E-state index contributed by atoms with van der Waals surface area (Å²) >= 11 is 5.29. The van der Waals surface area contributed by atoms with Gasteiger partial charge in [-0.15, -0.1) is 11.8 Å². The van der Waals surface area contributed by atoms with E-state index in [1.807, 2.05) is 12.1 Å². The lowest BCUT2D eigenvalue weighted by atomic mass is 10.0. The van der Waals surface area contributed by atoms with E-state index in [9.17, 15) is 13.2 Å². The Morgan fingerprint density at radius 2 is 2.03 bits per heavy atom. The smallest absolute Gasteiger partial charge is 0.273 e. The molecule has 0 fully saturated rings. The first-order chi connectivity index (χ1) is 13.8. The third kappa shape index (κ3) is 3.79. The Labute approximate surface area is 181 Å². The fourth-order valence-corrected chi connectivity index (χ4v) is 5.87. The molecule has 150 valence electrons. The van der Waals surface area contributed by atoms with Crippen molar-refractivity contribution in [1.29, 1.82) is 0 Å². The van der Waals surface area contributed by atoms with Crippen molar-refractivity contribution in [2.24, 2.45) is 5.14 Å². The molecule has 2 N–H and O–H groups in total. The number of aromatic nitrogens is 1. The number of benzene rings is 2. The number of carbonyl (C=O) groups excluding carboxylic acids is 1. The van der Waals surface area contributed by atoms with E-state index in [1.165, 1.54) is 12.3 Å². The van der Waals surface area contributed by atoms with E-state index in [1.54, 1.807) is 41.9 Å². The van der Waals surface area contributed by atoms with Crippen LogP contribution in [-0.2, 0) is 10.0 Å². The fraction of sp³-hybridized carbons (Fsp3) is 0.200. The molecule has 0 spiro atoms. The molecule has 0 aliphatic carbocycles. The summed E-state index contributed by atoms with van der Waals surface area (Å²) < 4.78 is 24.8. The zero-order valence-electron chi connectivity index (χ0n) is 15.5. The van der Waals surface area contributed by atoms with Crippen LogP contribution < -0.4 is 5.14 Å². The molecular formula is C20H18BrN3O3S2. The summed E-state index contributed by atoms with van der Waals surface area (Å²) in [5.41, 5.74) is 1.31. The second-order valence-electron chi connectivity index (χ2n) is 6.81. The molecule has 0 radical (unpaired) electrons. The largest absolute Gasteiger partial charge is 0.333 e. The topological polar surface area (TPSA) is 93.4 Å². The van der Waals surface area contributed by atoms with Crippen LogP contribution in [0.25, 0.3) is 10.8 Å². The predicted octanol–water partition coefficient (Wildman–Crippen LogP) is 3.95. The number of primary sulfonamides is 1. The van der Waals surface area contributed by atoms with Gasteiger partial charge in [-0.1, -0.05) is 28.1 Å². The van der Waals surface area contributed by atoms with Gasteiger partial charge < -0.3 is 4.90 Å². The molecule has 6 nitrogen and oxygen atoms in total. The first kappa shape index (κ1) is 20.3. The fourth-order valence-electron chi connectivity index (χ4n) is 3.65. The Bertz CT molecular complexity index is 1230. The number of thioether (sulfide) groups is 1. The van der Waals surface area contributed by atoms with Crippen molar-refractivity contribution in [2.45, 2.75) is 22.3 Å². The highest BCUT2D eigenvalue weighted by Crippen LogP contribution is 2.40. The van der Waals surface area contributed by atoms with Crippen molar-refractivity contribution in [3.05, 3.63) is 64.4 Å². The third-order valence-electron chi connectivity index (χ3n) is 5.04. The SMILES string of the molecule is CN(C(=O)c1nccc2c(S(N)(=O)=O)cccc12)C1CCSc2ccc(Br)cc21. The quantitative estimate of drug-likeness (QED) is 0.598. The summed E-state index contributed by atoms with van der Waals surface area (Å²) in [6.45, 7) is 0. The van der Waals surface area contributed by atoms with Gasteiger partial charge in [0.2, 0.25) is 10.0 Å². The van der Waals surface area contributed by atoms with Crippen LogP contribution >= 0.6 is 27.7 Å². The summed E-state index contributed by atoms with van der Waals surface area (Å²) in [5.74, 6) is 0.653. The minimum Gasteiger partial charge on any atom is -0.333 e. The van der Waals surface area contributed by atoms with Gasteiger partial charge in [0.15, 0.2) is 0 Å². The minimum atomic E-state index is -3.92. The highest BCUT2D eigenvalue weighted by Gasteiger charge is 2.29. The molecule has 29 heavy (non-hydrogen) atoms. The van der Waals surface area contributed by atoms with Crippen LogP contribution in [0.15, 0.2) is 62.9 Å². The molecule has 4 rings (SSSR count). The summed E-state index contributed by atoms with van der Waals surface area (Å²) in [6.07, 6.45) is 2.27. The lowest BCUT2D eigenvalue weighted by Crippen LogP contribution is -2.33. The van der Waals surface area contributed by atoms with Gasteiger partial charge in [-0.2, -0.15) is 0 Å². The van der Waals surface area contributed by atoms with E-state index in [0.29, 0.717) is 10.8 Å². The number of fused-ring (bicyclic) bond motifs is 2. The number of nitrogens with two attached hydrogens (primary N) is 1. The van der Waals surface area contributed by atoms with Gasteiger partial charge in [-0.25, -0.2) is 13.6 Å². The highest BCUT2D eigenvalue weighted by atomic mass is 79.9. The molecular weight excluding hydrogens is 474 g/mol. The molecule has 1 unspecified atom stereocenters. The second kappa shape index (κ2) is 7.71. The average Bonchev–Trinajstić information content (AvgIpc) is 2.70. The van der Waals surface area contributed by atoms with E-state index >= 15 is 0 Å². The summed E-state index contributed by atoms with van der Waals surface area (Å²) in [6, 6.07) is 12.3. The van der Waals surface area contributed by atoms with E-state index in [0.717, 1.165) is 27.1 Å². The number of hydrogen-bond acceptors (Lipinski definition) is 5. The second-order valence-corrected chi connectivity index (χ2v) is 10.4. The van der Waals surface area contributed by atoms with E-state index in [4.69, 9.17) is 5.14 Å². The van der Waals surface area contributed by atoms with Crippen molar-refractivity contribution < 1.29 is 13.2 Å². The Hall–Kier alpha value is -1.94. The van der Waals surface area contributed by atoms with Crippen LogP contribution in [-0.4, -0.2) is 37.0 Å². The van der Waals surface area contributed by atoms with Gasteiger partial charge in [0.1, 0.15) is 5.69 Å². The Morgan fingerprint density at radius 3 is 2.79 bits per heavy atom. The standard InChI is InChI=1S/C20H18BrN3O3S2/c1-24(16-8-10-28-17-6-5-12(21)11-15(16)17)20(25)19-14-3-2-4-18(29(22,26)27)13(14)7-9-23-19/h2-7,9,11,16H,8,10H2,1H3,(H2,22,26,27). The predicted molar refractivity (Wildman–Crippen MR) is 117 cm³/mol. The zero-order valence-corrected chi connectivity index (χ0v) is 18.7. The van der Waals surface area contributed by atoms with E-state index in [2.05, 4.69) is 27.0 Å². The average molecular weight is 492 g/mol. The van der Waals surface area contributed by atoms with Crippen molar-refractivity contribution >= 4 is 54.4 Å². The van der Waals surface area contributed by atoms with Crippen molar-refractivity contribution in [1.82, 2.24) is 9.88 Å². The maximum atomic E-state index is 13.4. The van der Waals surface area contributed by atoms with Crippen LogP contribution in [0.4, 0.5) is 0 Å². The molecule has 3 aromatic rings. The number of amides is 1. The summed E-state index contributed by atoms with van der Waals surface area (Å²) in [4.78, 5) is 20.5. The van der Waals surface area contributed by atoms with Gasteiger partial charge in [-0.3, -0.25) is 9.78 Å². The number of hydrogen-bond donors (Lipinski definition) is 1. The van der Waals surface area contributed by atoms with Crippen LogP contribution in [0.1, 0.15) is 28.5 Å². The molecule has 0 saturated carbocycles. The molecule has 2 aromatic carbocycles. The maximum absolute atomic E-state index is 13.4. The first-order valence-corrected chi connectivity index (χ1v) is 12.2. The Balaban J connectivity index is 1.78. The lowest BCUT2D eigenvalue weighted by Gasteiger charge is -2.33. The number of halogens is 1. The molecule has 1 atom stereocenters. The molecule has 1 aliphatic rings. The Morgan fingerprint density at radius 1 is 1.24 bits per heavy atom. The third-order valence-corrected chi connectivity index (χ3v) is 7.63. The van der Waals surface area contributed by atoms with Crippen LogP contribution in [0.3, 0.4) is 0 Å². The van der Waals surface area contributed by atoms with Gasteiger partial charge in [0.25, 0.3) is 5.91 Å². The van der Waals surface area contributed by atoms with Crippen molar-refractivity contribution in [2.75, 3.05) is 12.8 Å². The van der Waals surface area contributed by atoms with Gasteiger partial charge in [0.05, 0.1) is 10.9 Å². The molecule has 1 aromatic heterocycles. The Kier molecular flexibility index (Phi) is 5.41. The number of rotatable bonds is 3. The summed E-state index contributed by atoms with van der Waals surface area (Å²) in [5, 5.41) is 6.20. The molecule has 1 aliphatic heterocycles. The normalized spacial score (nSPS) is 16.4. The molecule has 0 saturated heterocycles. The van der Waals surface area contributed by atoms with Crippen LogP contribution in [0, 0.1) is 0 Å². The van der Waals surface area contributed by atoms with Gasteiger partial charge in [-0.05, 0) is 42.3 Å². The first-order valence-electron chi connectivity index (χ1n) is 8.87. The summed E-state index contributed by atoms with van der Waals surface area (Å²) in [7, 11) is -2.16. The van der Waals surface area contributed by atoms with Crippen molar-refractivity contribution in [3.8, 4) is 0 Å². The number of carbonyl (C=O) groups is 1. The molecule has 2 heterocycles. The van der Waals surface area contributed by atoms with Crippen LogP contribution in [0.2, 0.25) is 0 Å². The number of sulfonamides is 1. The van der Waals surface area contributed by atoms with E-state index < -0.39 is 10.0 Å². The molecule has 9 heteroatoms. The number of nitrogens with zero attached hydrogens (tertiary/aromatic N) is 2. The van der Waals surface area contributed by atoms with Crippen molar-refractivity contribution in [3.63, 3.8) is 0 Å². The van der Waals surface area contributed by atoms with Gasteiger partial charge >= 0.3 is 0 Å².